The molecule has 2 aromatic heterocycles. The molecule has 3 N–H and O–H groups in total. The molecule has 100 valence electrons. The lowest BCUT2D eigenvalue weighted by Gasteiger charge is -2.30. The molecule has 0 aliphatic carbocycles. The van der Waals surface area contributed by atoms with E-state index >= 15 is 0 Å². The van der Waals surface area contributed by atoms with E-state index in [0.29, 0.717) is 29.9 Å². The van der Waals surface area contributed by atoms with E-state index in [0.717, 1.165) is 12.8 Å². The molecule has 1 aliphatic rings. The van der Waals surface area contributed by atoms with Gasteiger partial charge in [0.15, 0.2) is 5.65 Å². The van der Waals surface area contributed by atoms with Crippen molar-refractivity contribution in [3.8, 4) is 0 Å². The van der Waals surface area contributed by atoms with Crippen LogP contribution in [0.5, 0.6) is 0 Å². The Bertz CT molecular complexity index is 625. The second-order valence-corrected chi connectivity index (χ2v) is 4.61. The number of carboxylic acid groups (broad SMARTS) is 1. The van der Waals surface area contributed by atoms with Gasteiger partial charge in [0.2, 0.25) is 0 Å². The number of likely N-dealkylation sites (tertiary alicyclic amines) is 1. The molecule has 19 heavy (non-hydrogen) atoms. The summed E-state index contributed by atoms with van der Waals surface area (Å²) in [5.41, 5.74) is 6.42. The number of carbonyl (C=O) groups is 1. The van der Waals surface area contributed by atoms with Crippen molar-refractivity contribution in [1.29, 1.82) is 0 Å². The summed E-state index contributed by atoms with van der Waals surface area (Å²) < 4.78 is 1.75. The lowest BCUT2D eigenvalue weighted by Crippen LogP contribution is -2.40. The van der Waals surface area contributed by atoms with E-state index in [4.69, 9.17) is 10.8 Å². The number of piperidine rings is 1. The van der Waals surface area contributed by atoms with Crippen molar-refractivity contribution >= 4 is 22.9 Å². The van der Waals surface area contributed by atoms with Gasteiger partial charge in [-0.25, -0.2) is 19.4 Å². The monoisotopic (exact) mass is 262 g/mol. The van der Waals surface area contributed by atoms with Crippen molar-refractivity contribution in [3.05, 3.63) is 12.5 Å². The summed E-state index contributed by atoms with van der Waals surface area (Å²) in [6.45, 7) is 0.998. The summed E-state index contributed by atoms with van der Waals surface area (Å²) in [6.07, 6.45) is 3.83. The normalized spacial score (nSPS) is 19.8. The summed E-state index contributed by atoms with van der Waals surface area (Å²) >= 11 is 0. The summed E-state index contributed by atoms with van der Waals surface area (Å²) in [5.74, 6) is 0.391. The van der Waals surface area contributed by atoms with Crippen LogP contribution in [0, 0.1) is 0 Å². The summed E-state index contributed by atoms with van der Waals surface area (Å²) in [7, 11) is 0. The van der Waals surface area contributed by atoms with Crippen molar-refractivity contribution < 1.29 is 9.90 Å². The first-order valence-electron chi connectivity index (χ1n) is 6.08. The maximum Gasteiger partial charge on any atom is 0.407 e. The Balaban J connectivity index is 1.96. The molecule has 1 aliphatic heterocycles. The Morgan fingerprint density at radius 2 is 2.32 bits per heavy atom. The minimum Gasteiger partial charge on any atom is -0.465 e. The largest absolute Gasteiger partial charge is 0.465 e. The third kappa shape index (κ3) is 1.94. The zero-order valence-electron chi connectivity index (χ0n) is 10.2. The molecule has 0 bridgehead atoms. The Kier molecular flexibility index (Phi) is 2.69. The van der Waals surface area contributed by atoms with Crippen LogP contribution in [0.15, 0.2) is 12.5 Å². The van der Waals surface area contributed by atoms with Crippen molar-refractivity contribution in [1.82, 2.24) is 24.6 Å². The number of rotatable bonds is 1. The van der Waals surface area contributed by atoms with Crippen LogP contribution in [0.25, 0.3) is 11.0 Å². The van der Waals surface area contributed by atoms with Gasteiger partial charge in [0.1, 0.15) is 12.1 Å². The number of nitrogens with zero attached hydrogens (tertiary/aromatic N) is 5. The standard InChI is InChI=1S/C11H14N6O2/c12-9-8-4-15-17(10(8)14-6-13-9)7-2-1-3-16(5-7)11(18)19/h4,6-7H,1-3,5H2,(H,18,19)(H2,12,13,14). The molecule has 8 heteroatoms. The molecule has 1 atom stereocenters. The molecule has 2 aromatic rings. The van der Waals surface area contributed by atoms with Gasteiger partial charge in [-0.3, -0.25) is 0 Å². The fourth-order valence-corrected chi connectivity index (χ4v) is 2.48. The van der Waals surface area contributed by atoms with Gasteiger partial charge in [-0.2, -0.15) is 5.10 Å². The Labute approximate surface area is 108 Å². The second kappa shape index (κ2) is 4.38. The molecule has 0 saturated carbocycles. The van der Waals surface area contributed by atoms with Crippen LogP contribution in [0.1, 0.15) is 18.9 Å². The number of nitrogen functional groups attached to an aromatic ring is 1. The molecule has 3 rings (SSSR count). The molecule has 1 amide bonds. The van der Waals surface area contributed by atoms with Gasteiger partial charge in [0.25, 0.3) is 0 Å². The van der Waals surface area contributed by atoms with Crippen molar-refractivity contribution in [3.63, 3.8) is 0 Å². The summed E-state index contributed by atoms with van der Waals surface area (Å²) in [4.78, 5) is 20.6. The number of aromatic nitrogens is 4. The first-order chi connectivity index (χ1) is 9.16. The van der Waals surface area contributed by atoms with Crippen LogP contribution in [0.4, 0.5) is 10.6 Å². The zero-order valence-corrected chi connectivity index (χ0v) is 10.2. The van der Waals surface area contributed by atoms with Crippen LogP contribution in [0.2, 0.25) is 0 Å². The van der Waals surface area contributed by atoms with Gasteiger partial charge >= 0.3 is 6.09 Å². The second-order valence-electron chi connectivity index (χ2n) is 4.61. The minimum absolute atomic E-state index is 0.00310. The molecule has 0 aromatic carbocycles. The maximum atomic E-state index is 11.0. The Morgan fingerprint density at radius 1 is 1.47 bits per heavy atom. The lowest BCUT2D eigenvalue weighted by atomic mass is 10.1. The number of anilines is 1. The van der Waals surface area contributed by atoms with E-state index in [2.05, 4.69) is 15.1 Å². The highest BCUT2D eigenvalue weighted by molar-refractivity contribution is 5.84. The van der Waals surface area contributed by atoms with Gasteiger partial charge in [-0.1, -0.05) is 0 Å². The molecular weight excluding hydrogens is 248 g/mol. The van der Waals surface area contributed by atoms with Crippen molar-refractivity contribution in [2.45, 2.75) is 18.9 Å². The number of nitrogens with two attached hydrogens (primary N) is 1. The zero-order chi connectivity index (χ0) is 13.4. The summed E-state index contributed by atoms with van der Waals surface area (Å²) in [5, 5.41) is 14.1. The highest BCUT2D eigenvalue weighted by atomic mass is 16.4. The number of hydrogen-bond donors (Lipinski definition) is 2. The quantitative estimate of drug-likeness (QED) is 0.783. The number of fused-ring (bicyclic) bond motifs is 1. The van der Waals surface area contributed by atoms with Crippen LogP contribution in [0.3, 0.4) is 0 Å². The van der Waals surface area contributed by atoms with Crippen molar-refractivity contribution in [2.75, 3.05) is 18.8 Å². The van der Waals surface area contributed by atoms with E-state index in [1.807, 2.05) is 0 Å². The topological polar surface area (TPSA) is 110 Å². The Hall–Kier alpha value is -2.38. The van der Waals surface area contributed by atoms with E-state index in [1.165, 1.54) is 11.2 Å². The van der Waals surface area contributed by atoms with Gasteiger partial charge < -0.3 is 15.7 Å². The molecule has 1 fully saturated rings. The smallest absolute Gasteiger partial charge is 0.407 e. The molecule has 3 heterocycles. The molecule has 0 spiro atoms. The molecule has 0 radical (unpaired) electrons. The predicted octanol–water partition coefficient (Wildman–Crippen LogP) is 0.723. The van der Waals surface area contributed by atoms with E-state index in [1.54, 1.807) is 10.9 Å². The fourth-order valence-electron chi connectivity index (χ4n) is 2.48. The Morgan fingerprint density at radius 3 is 3.11 bits per heavy atom. The highest BCUT2D eigenvalue weighted by Crippen LogP contribution is 2.25. The maximum absolute atomic E-state index is 11.0. The summed E-state index contributed by atoms with van der Waals surface area (Å²) in [6, 6.07) is -0.00310. The first-order valence-corrected chi connectivity index (χ1v) is 6.08. The van der Waals surface area contributed by atoms with Crippen LogP contribution < -0.4 is 5.73 Å². The predicted molar refractivity (Wildman–Crippen MR) is 67.6 cm³/mol. The average Bonchev–Trinajstić information content (AvgIpc) is 2.84. The van der Waals surface area contributed by atoms with E-state index < -0.39 is 6.09 Å². The molecule has 8 nitrogen and oxygen atoms in total. The fraction of sp³-hybridized carbons (Fsp3) is 0.455. The van der Waals surface area contributed by atoms with Crippen LogP contribution in [-0.2, 0) is 0 Å². The highest BCUT2D eigenvalue weighted by Gasteiger charge is 2.26. The third-order valence-corrected chi connectivity index (χ3v) is 3.43. The van der Waals surface area contributed by atoms with Gasteiger partial charge in [0, 0.05) is 13.1 Å². The SMILES string of the molecule is Nc1ncnc2c1cnn2C1CCCN(C(=O)O)C1. The minimum atomic E-state index is -0.893. The first kappa shape index (κ1) is 11.7. The molecular formula is C11H14N6O2. The van der Waals surface area contributed by atoms with E-state index in [9.17, 15) is 4.79 Å². The van der Waals surface area contributed by atoms with Crippen LogP contribution in [-0.4, -0.2) is 48.9 Å². The van der Waals surface area contributed by atoms with Gasteiger partial charge in [-0.05, 0) is 12.8 Å². The number of hydrogen-bond acceptors (Lipinski definition) is 5. The van der Waals surface area contributed by atoms with Gasteiger partial charge in [0.05, 0.1) is 17.6 Å². The van der Waals surface area contributed by atoms with Crippen molar-refractivity contribution in [2.24, 2.45) is 0 Å². The number of amides is 1. The molecule has 1 unspecified atom stereocenters. The average molecular weight is 262 g/mol. The molecule has 1 saturated heterocycles. The van der Waals surface area contributed by atoms with Gasteiger partial charge in [-0.15, -0.1) is 0 Å². The van der Waals surface area contributed by atoms with E-state index in [-0.39, 0.29) is 6.04 Å². The third-order valence-electron chi connectivity index (χ3n) is 3.43. The lowest BCUT2D eigenvalue weighted by molar-refractivity contribution is 0.120. The van der Waals surface area contributed by atoms with Crippen LogP contribution >= 0.6 is 0 Å².